The van der Waals surface area contributed by atoms with Crippen molar-refractivity contribution < 1.29 is 25.0 Å². The highest BCUT2D eigenvalue weighted by Gasteiger charge is 2.22. The van der Waals surface area contributed by atoms with Gasteiger partial charge in [0, 0.05) is 22.7 Å². The van der Waals surface area contributed by atoms with Crippen LogP contribution >= 0.6 is 15.9 Å². The van der Waals surface area contributed by atoms with Gasteiger partial charge in [0.2, 0.25) is 0 Å². The van der Waals surface area contributed by atoms with Crippen molar-refractivity contribution in [2.75, 3.05) is 6.61 Å². The molecule has 0 aliphatic heterocycles. The van der Waals surface area contributed by atoms with Crippen LogP contribution in [0.4, 0.5) is 0 Å². The van der Waals surface area contributed by atoms with E-state index in [1.54, 1.807) is 19.1 Å². The number of carbonyl (C=O) groups excluding carboxylic acids is 1. The fraction of sp³-hybridized carbons (Fsp3) is 0.308. The summed E-state index contributed by atoms with van der Waals surface area (Å²) in [5.41, 5.74) is 1.71. The average molecular weight is 346 g/mol. The largest absolute Gasteiger partial charge is 0.508 e. The summed E-state index contributed by atoms with van der Waals surface area (Å²) in [7, 11) is 0. The molecule has 6 nitrogen and oxygen atoms in total. The van der Waals surface area contributed by atoms with Gasteiger partial charge in [0.25, 0.3) is 5.91 Å². The number of rotatable bonds is 6. The molecule has 0 aliphatic rings. The Labute approximate surface area is 124 Å². The van der Waals surface area contributed by atoms with Gasteiger partial charge in [-0.1, -0.05) is 15.9 Å². The summed E-state index contributed by atoms with van der Waals surface area (Å²) in [6.45, 7) is 2.04. The number of phenolic OH excluding ortho intramolecular Hbond substituents is 1. The Morgan fingerprint density at radius 1 is 1.55 bits per heavy atom. The van der Waals surface area contributed by atoms with Crippen LogP contribution < -0.4 is 5.48 Å². The molecule has 0 bridgehead atoms. The highest BCUT2D eigenvalue weighted by Crippen LogP contribution is 2.30. The summed E-state index contributed by atoms with van der Waals surface area (Å²) < 4.78 is 6.01. The number of ether oxygens (including phenoxy) is 1. The fourth-order valence-corrected chi connectivity index (χ4v) is 1.98. The number of carbonyl (C=O) groups is 1. The molecule has 2 atom stereocenters. The van der Waals surface area contributed by atoms with E-state index in [4.69, 9.17) is 9.94 Å². The first-order chi connectivity index (χ1) is 9.49. The monoisotopic (exact) mass is 345 g/mol. The van der Waals surface area contributed by atoms with E-state index < -0.39 is 18.1 Å². The topological polar surface area (TPSA) is 99.0 Å². The Morgan fingerprint density at radius 3 is 2.85 bits per heavy atom. The van der Waals surface area contributed by atoms with Crippen LogP contribution in [0.1, 0.15) is 18.6 Å². The minimum Gasteiger partial charge on any atom is -0.508 e. The number of aromatic hydroxyl groups is 1. The van der Waals surface area contributed by atoms with Crippen LogP contribution in [0.5, 0.6) is 5.75 Å². The van der Waals surface area contributed by atoms with Crippen molar-refractivity contribution in [1.29, 1.82) is 0 Å². The van der Waals surface area contributed by atoms with Crippen LogP contribution in [0, 0.1) is 0 Å². The number of halogens is 1. The second-order valence-electron chi connectivity index (χ2n) is 3.90. The zero-order valence-electron chi connectivity index (χ0n) is 10.8. The Kier molecular flexibility index (Phi) is 6.66. The molecule has 1 aromatic rings. The Hall–Kier alpha value is -1.41. The molecule has 1 aromatic carbocycles. The molecule has 1 rings (SSSR count). The summed E-state index contributed by atoms with van der Waals surface area (Å²) in [6, 6.07) is 4.64. The maximum atomic E-state index is 11.0. The predicted molar refractivity (Wildman–Crippen MR) is 75.2 cm³/mol. The normalized spacial score (nSPS) is 14.2. The van der Waals surface area contributed by atoms with Crippen LogP contribution in [0.3, 0.4) is 0 Å². The van der Waals surface area contributed by atoms with Gasteiger partial charge in [-0.15, -0.1) is 0 Å². The first-order valence-electron chi connectivity index (χ1n) is 5.90. The second kappa shape index (κ2) is 8.01. The highest BCUT2D eigenvalue weighted by molar-refractivity contribution is 9.10. The number of hydrogen-bond acceptors (Lipinski definition) is 5. The van der Waals surface area contributed by atoms with Gasteiger partial charge in [-0.25, -0.2) is 5.48 Å². The third kappa shape index (κ3) is 4.61. The van der Waals surface area contributed by atoms with Crippen molar-refractivity contribution >= 4 is 21.8 Å². The van der Waals surface area contributed by atoms with Gasteiger partial charge in [-0.05, 0) is 31.2 Å². The van der Waals surface area contributed by atoms with Crippen molar-refractivity contribution in [2.45, 2.75) is 19.1 Å². The molecule has 110 valence electrons. The van der Waals surface area contributed by atoms with E-state index in [1.807, 2.05) is 0 Å². The minimum atomic E-state index is -1.16. The van der Waals surface area contributed by atoms with Crippen molar-refractivity contribution in [3.05, 3.63) is 40.4 Å². The van der Waals surface area contributed by atoms with Crippen LogP contribution in [0.25, 0.3) is 0 Å². The van der Waals surface area contributed by atoms with Gasteiger partial charge in [0.1, 0.15) is 18.0 Å². The lowest BCUT2D eigenvalue weighted by Gasteiger charge is -2.21. The molecule has 0 spiro atoms. The van der Waals surface area contributed by atoms with Crippen LogP contribution in [0.2, 0.25) is 0 Å². The molecule has 20 heavy (non-hydrogen) atoms. The van der Waals surface area contributed by atoms with Gasteiger partial charge in [0.05, 0.1) is 0 Å². The highest BCUT2D eigenvalue weighted by atomic mass is 79.9. The summed E-state index contributed by atoms with van der Waals surface area (Å²) in [4.78, 5) is 11.0. The molecule has 7 heteroatoms. The van der Waals surface area contributed by atoms with Gasteiger partial charge >= 0.3 is 0 Å². The molecule has 0 saturated carbocycles. The molecule has 0 unspecified atom stereocenters. The van der Waals surface area contributed by atoms with Gasteiger partial charge in [-0.2, -0.15) is 0 Å². The van der Waals surface area contributed by atoms with E-state index in [0.29, 0.717) is 11.1 Å². The zero-order chi connectivity index (χ0) is 15.1. The van der Waals surface area contributed by atoms with E-state index in [0.717, 1.165) is 6.08 Å². The third-order valence-corrected chi connectivity index (χ3v) is 3.02. The number of aliphatic hydroxyl groups excluding tert-OH is 1. The first-order valence-corrected chi connectivity index (χ1v) is 6.69. The number of aliphatic hydroxyl groups is 1. The van der Waals surface area contributed by atoms with Crippen molar-refractivity contribution in [2.24, 2.45) is 0 Å². The Balaban J connectivity index is 2.98. The van der Waals surface area contributed by atoms with E-state index >= 15 is 0 Å². The lowest BCUT2D eigenvalue weighted by atomic mass is 10.0. The molecular weight excluding hydrogens is 330 g/mol. The quantitative estimate of drug-likeness (QED) is 0.357. The van der Waals surface area contributed by atoms with E-state index in [-0.39, 0.29) is 11.3 Å². The van der Waals surface area contributed by atoms with Crippen LogP contribution in [-0.2, 0) is 9.53 Å². The Bertz CT molecular complexity index is 492. The number of amides is 1. The number of nitrogens with one attached hydrogen (secondary N) is 1. The number of phenols is 1. The van der Waals surface area contributed by atoms with Crippen LogP contribution in [0.15, 0.2) is 34.8 Å². The summed E-state index contributed by atoms with van der Waals surface area (Å²) in [5, 5.41) is 28.4. The smallest absolute Gasteiger partial charge is 0.267 e. The van der Waals surface area contributed by atoms with Crippen molar-refractivity contribution in [3.63, 3.8) is 0 Å². The SMILES string of the molecule is CCO[C@@H](/C=C/C(=O)NO)[C@@H](O)c1cc(Br)ccc1O. The van der Waals surface area contributed by atoms with E-state index in [1.165, 1.54) is 17.6 Å². The summed E-state index contributed by atoms with van der Waals surface area (Å²) in [5.74, 6) is -0.814. The van der Waals surface area contributed by atoms with Gasteiger partial charge in [0.15, 0.2) is 0 Å². The number of hydroxylamine groups is 1. The second-order valence-corrected chi connectivity index (χ2v) is 4.82. The molecule has 0 radical (unpaired) electrons. The maximum absolute atomic E-state index is 11.0. The molecule has 0 fully saturated rings. The lowest BCUT2D eigenvalue weighted by Crippen LogP contribution is -2.22. The zero-order valence-corrected chi connectivity index (χ0v) is 12.4. The lowest BCUT2D eigenvalue weighted by molar-refractivity contribution is -0.124. The Morgan fingerprint density at radius 2 is 2.25 bits per heavy atom. The van der Waals surface area contributed by atoms with Gasteiger partial charge in [-0.3, -0.25) is 10.0 Å². The average Bonchev–Trinajstić information content (AvgIpc) is 2.44. The molecule has 0 saturated heterocycles. The van der Waals surface area contributed by atoms with Crippen LogP contribution in [-0.4, -0.2) is 34.0 Å². The molecule has 4 N–H and O–H groups in total. The van der Waals surface area contributed by atoms with E-state index in [9.17, 15) is 15.0 Å². The molecular formula is C13H16BrNO5. The summed E-state index contributed by atoms with van der Waals surface area (Å²) >= 11 is 3.25. The first kappa shape index (κ1) is 16.6. The molecule has 0 heterocycles. The van der Waals surface area contributed by atoms with E-state index in [2.05, 4.69) is 15.9 Å². The molecule has 1 amide bonds. The predicted octanol–water partition coefficient (Wildman–Crippen LogP) is 1.65. The van der Waals surface area contributed by atoms with Gasteiger partial charge < -0.3 is 14.9 Å². The minimum absolute atomic E-state index is 0.0783. The number of hydrogen-bond donors (Lipinski definition) is 4. The maximum Gasteiger partial charge on any atom is 0.267 e. The summed E-state index contributed by atoms with van der Waals surface area (Å²) in [6.07, 6.45) is 0.353. The fourth-order valence-electron chi connectivity index (χ4n) is 1.60. The van der Waals surface area contributed by atoms with Crippen molar-refractivity contribution in [3.8, 4) is 5.75 Å². The standard InChI is InChI=1S/C13H16BrNO5/c1-2-20-11(5-6-12(17)15-19)13(18)9-7-8(14)3-4-10(9)16/h3-7,11,13,16,18-19H,2H2,1H3,(H,15,17)/b6-5+/t11-,13-/m0/s1. The molecule has 0 aromatic heterocycles. The van der Waals surface area contributed by atoms with Crippen molar-refractivity contribution in [1.82, 2.24) is 5.48 Å². The molecule has 0 aliphatic carbocycles. The number of benzene rings is 1. The third-order valence-electron chi connectivity index (χ3n) is 2.53.